The van der Waals surface area contributed by atoms with Gasteiger partial charge in [-0.1, -0.05) is 13.0 Å². The maximum Gasteiger partial charge on any atom is 0.251 e. The zero-order valence-electron chi connectivity index (χ0n) is 17.2. The van der Waals surface area contributed by atoms with Crippen molar-refractivity contribution in [3.8, 4) is 0 Å². The highest BCUT2D eigenvalue weighted by molar-refractivity contribution is 7.89. The molecule has 2 heterocycles. The second kappa shape index (κ2) is 9.38. The third kappa shape index (κ3) is 5.25. The fourth-order valence-corrected chi connectivity index (χ4v) is 5.27. The zero-order valence-corrected chi connectivity index (χ0v) is 18.8. The number of piperidine rings is 1. The highest BCUT2D eigenvalue weighted by atomic mass is 32.2. The number of amides is 1. The number of sulfonamides is 1. The largest absolute Gasteiger partial charge is 0.350 e. The number of carbonyl (C=O) groups excluding carboxylic acids is 1. The van der Waals surface area contributed by atoms with Gasteiger partial charge in [-0.3, -0.25) is 9.69 Å². The van der Waals surface area contributed by atoms with Gasteiger partial charge in [-0.05, 0) is 67.6 Å². The first-order chi connectivity index (χ1) is 13.8. The number of hydrogen-bond donors (Lipinski definition) is 1. The Kier molecular flexibility index (Phi) is 7.10. The number of nitrogens with one attached hydrogen (secondary N) is 1. The Morgan fingerprint density at radius 2 is 1.86 bits per heavy atom. The van der Waals surface area contributed by atoms with Crippen LogP contribution >= 0.6 is 11.3 Å². The molecule has 6 nitrogen and oxygen atoms in total. The molecule has 1 fully saturated rings. The van der Waals surface area contributed by atoms with E-state index in [1.807, 2.05) is 6.07 Å². The summed E-state index contributed by atoms with van der Waals surface area (Å²) in [5.74, 6) is 0.563. The molecule has 158 valence electrons. The van der Waals surface area contributed by atoms with Crippen molar-refractivity contribution in [3.63, 3.8) is 0 Å². The van der Waals surface area contributed by atoms with E-state index in [9.17, 15) is 13.2 Å². The van der Waals surface area contributed by atoms with Crippen LogP contribution in [0.1, 0.15) is 41.0 Å². The molecule has 0 spiro atoms. The van der Waals surface area contributed by atoms with Gasteiger partial charge in [0.25, 0.3) is 5.91 Å². The molecule has 1 saturated heterocycles. The molecule has 0 radical (unpaired) electrons. The Balaban J connectivity index is 1.67. The van der Waals surface area contributed by atoms with E-state index >= 15 is 0 Å². The van der Waals surface area contributed by atoms with Gasteiger partial charge in [0.05, 0.1) is 10.9 Å². The zero-order chi connectivity index (χ0) is 21.0. The Labute approximate surface area is 177 Å². The maximum atomic E-state index is 12.7. The first-order valence-electron chi connectivity index (χ1n) is 9.87. The smallest absolute Gasteiger partial charge is 0.251 e. The van der Waals surface area contributed by atoms with E-state index in [1.54, 1.807) is 23.5 Å². The molecule has 2 aromatic rings. The molecule has 0 unspecified atom stereocenters. The van der Waals surface area contributed by atoms with Crippen molar-refractivity contribution in [2.24, 2.45) is 5.92 Å². The van der Waals surface area contributed by atoms with Crippen molar-refractivity contribution >= 4 is 27.3 Å². The molecule has 1 N–H and O–H groups in total. The molecule has 8 heteroatoms. The van der Waals surface area contributed by atoms with Gasteiger partial charge in [0, 0.05) is 31.1 Å². The molecule has 1 aliphatic heterocycles. The van der Waals surface area contributed by atoms with Crippen molar-refractivity contribution in [1.29, 1.82) is 0 Å². The van der Waals surface area contributed by atoms with Crippen LogP contribution in [0.4, 0.5) is 0 Å². The summed E-state index contributed by atoms with van der Waals surface area (Å²) in [5, 5.41) is 5.11. The quantitative estimate of drug-likeness (QED) is 0.725. The average molecular weight is 436 g/mol. The van der Waals surface area contributed by atoms with E-state index in [-0.39, 0.29) is 16.8 Å². The highest BCUT2D eigenvalue weighted by Crippen LogP contribution is 2.29. The Hall–Kier alpha value is -1.74. The van der Waals surface area contributed by atoms with Gasteiger partial charge in [0.15, 0.2) is 0 Å². The van der Waals surface area contributed by atoms with Crippen molar-refractivity contribution in [3.05, 3.63) is 52.2 Å². The number of carbonyl (C=O) groups is 1. The normalized spacial score (nSPS) is 17.4. The molecule has 0 saturated carbocycles. The van der Waals surface area contributed by atoms with Gasteiger partial charge in [-0.2, -0.15) is 0 Å². The monoisotopic (exact) mass is 435 g/mol. The summed E-state index contributed by atoms with van der Waals surface area (Å²) in [6.45, 7) is 4.90. The fourth-order valence-electron chi connectivity index (χ4n) is 3.51. The van der Waals surface area contributed by atoms with Crippen LogP contribution in [0, 0.1) is 5.92 Å². The molecule has 1 amide bonds. The first-order valence-corrected chi connectivity index (χ1v) is 12.2. The fraction of sp³-hybridized carbons (Fsp3) is 0.476. The van der Waals surface area contributed by atoms with Gasteiger partial charge in [0.1, 0.15) is 0 Å². The van der Waals surface area contributed by atoms with Crippen LogP contribution in [-0.4, -0.2) is 57.3 Å². The first kappa shape index (κ1) is 22.0. The summed E-state index contributed by atoms with van der Waals surface area (Å²) in [7, 11) is -0.521. The lowest BCUT2D eigenvalue weighted by molar-refractivity contribution is 0.0915. The summed E-state index contributed by atoms with van der Waals surface area (Å²) >= 11 is 1.72. The second-order valence-electron chi connectivity index (χ2n) is 7.77. The Morgan fingerprint density at radius 3 is 2.41 bits per heavy atom. The lowest BCUT2D eigenvalue weighted by Crippen LogP contribution is -2.41. The van der Waals surface area contributed by atoms with E-state index in [4.69, 9.17) is 0 Å². The molecule has 0 aliphatic carbocycles. The van der Waals surface area contributed by atoms with Crippen molar-refractivity contribution in [1.82, 2.24) is 14.5 Å². The van der Waals surface area contributed by atoms with Crippen LogP contribution in [0.3, 0.4) is 0 Å². The molecule has 1 aromatic carbocycles. The molecule has 1 aromatic heterocycles. The molecule has 1 aliphatic rings. The van der Waals surface area contributed by atoms with Crippen LogP contribution in [-0.2, 0) is 10.0 Å². The predicted octanol–water partition coefficient (Wildman–Crippen LogP) is 3.20. The number of nitrogens with zero attached hydrogens (tertiary/aromatic N) is 2. The van der Waals surface area contributed by atoms with Gasteiger partial charge in [0.2, 0.25) is 10.0 Å². The summed E-state index contributed by atoms with van der Waals surface area (Å²) < 4.78 is 25.5. The minimum atomic E-state index is -3.50. The Morgan fingerprint density at radius 1 is 1.21 bits per heavy atom. The van der Waals surface area contributed by atoms with Gasteiger partial charge < -0.3 is 5.32 Å². The molecule has 0 bridgehead atoms. The van der Waals surface area contributed by atoms with E-state index in [0.29, 0.717) is 12.1 Å². The van der Waals surface area contributed by atoms with Gasteiger partial charge in [-0.15, -0.1) is 11.3 Å². The van der Waals surface area contributed by atoms with Crippen molar-refractivity contribution < 1.29 is 13.2 Å². The minimum Gasteiger partial charge on any atom is -0.350 e. The summed E-state index contributed by atoms with van der Waals surface area (Å²) in [6.07, 6.45) is 2.36. The second-order valence-corrected chi connectivity index (χ2v) is 10.9. The van der Waals surface area contributed by atoms with Crippen molar-refractivity contribution in [2.45, 2.75) is 30.7 Å². The summed E-state index contributed by atoms with van der Waals surface area (Å²) in [5.41, 5.74) is 0.458. The van der Waals surface area contributed by atoms with Crippen LogP contribution in [0.15, 0.2) is 46.7 Å². The minimum absolute atomic E-state index is 0.167. The van der Waals surface area contributed by atoms with E-state index in [0.717, 1.165) is 23.3 Å². The summed E-state index contributed by atoms with van der Waals surface area (Å²) in [4.78, 5) is 16.6. The van der Waals surface area contributed by atoms with Crippen molar-refractivity contribution in [2.75, 3.05) is 33.7 Å². The van der Waals surface area contributed by atoms with Crippen LogP contribution in [0.25, 0.3) is 0 Å². The third-order valence-corrected chi connectivity index (χ3v) is 8.28. The molecule has 29 heavy (non-hydrogen) atoms. The maximum absolute atomic E-state index is 12.7. The number of hydrogen-bond acceptors (Lipinski definition) is 5. The van der Waals surface area contributed by atoms with Crippen LogP contribution in [0.5, 0.6) is 0 Å². The standard InChI is InChI=1S/C21H29N3O3S2/c1-16-10-12-24(13-11-16)19(20-5-4-14-28-20)15-22-21(25)17-6-8-18(9-7-17)29(26,27)23(2)3/h4-9,14,16,19H,10-13,15H2,1-3H3,(H,22,25)/t19-/m1/s1. The van der Waals surface area contributed by atoms with Gasteiger partial charge >= 0.3 is 0 Å². The molecule has 3 rings (SSSR count). The molecule has 1 atom stereocenters. The predicted molar refractivity (Wildman–Crippen MR) is 117 cm³/mol. The number of thiophene rings is 1. The van der Waals surface area contributed by atoms with Crippen LogP contribution in [0.2, 0.25) is 0 Å². The summed E-state index contributed by atoms with van der Waals surface area (Å²) in [6, 6.07) is 10.4. The lowest BCUT2D eigenvalue weighted by atomic mass is 9.97. The van der Waals surface area contributed by atoms with Gasteiger partial charge in [-0.25, -0.2) is 12.7 Å². The lowest BCUT2D eigenvalue weighted by Gasteiger charge is -2.36. The molecular formula is C21H29N3O3S2. The number of likely N-dealkylation sites (tertiary alicyclic amines) is 1. The van der Waals surface area contributed by atoms with E-state index < -0.39 is 10.0 Å². The van der Waals surface area contributed by atoms with E-state index in [2.05, 4.69) is 28.6 Å². The number of rotatable bonds is 7. The average Bonchev–Trinajstić information content (AvgIpc) is 3.24. The molecular weight excluding hydrogens is 406 g/mol. The SMILES string of the molecule is CC1CCN([C@H](CNC(=O)c2ccc(S(=O)(=O)N(C)C)cc2)c2cccs2)CC1. The topological polar surface area (TPSA) is 69.7 Å². The third-order valence-electron chi connectivity index (χ3n) is 5.48. The Bertz CT molecular complexity index is 901. The highest BCUT2D eigenvalue weighted by Gasteiger charge is 2.26. The number of benzene rings is 1. The van der Waals surface area contributed by atoms with E-state index in [1.165, 1.54) is 43.9 Å². The van der Waals surface area contributed by atoms with Crippen LogP contribution < -0.4 is 5.32 Å².